The Labute approximate surface area is 110 Å². The molecule has 0 bridgehead atoms. The molecule has 0 fully saturated rings. The number of hydrogen-bond acceptors (Lipinski definition) is 4. The van der Waals surface area contributed by atoms with Gasteiger partial charge in [0.2, 0.25) is 5.91 Å². The average molecular weight is 260 g/mol. The van der Waals surface area contributed by atoms with Crippen molar-refractivity contribution in [1.82, 2.24) is 10.2 Å². The minimum Gasteiger partial charge on any atom is -0.396 e. The molecule has 18 heavy (non-hydrogen) atoms. The lowest BCUT2D eigenvalue weighted by Gasteiger charge is -2.27. The second-order valence-electron chi connectivity index (χ2n) is 5.22. The van der Waals surface area contributed by atoms with Crippen LogP contribution in [0.5, 0.6) is 0 Å². The molecule has 0 aliphatic rings. The van der Waals surface area contributed by atoms with Crippen molar-refractivity contribution in [1.29, 1.82) is 0 Å². The molecular formula is C13H28N2O3. The first kappa shape index (κ1) is 17.4. The average Bonchev–Trinajstić information content (AvgIpc) is 2.37. The first-order valence-corrected chi connectivity index (χ1v) is 6.68. The smallest absolute Gasteiger partial charge is 0.249 e. The SMILES string of the molecule is CCN(CC)CCCNC(=O)C(O)C(C)(C)CO. The summed E-state index contributed by atoms with van der Waals surface area (Å²) in [7, 11) is 0. The molecule has 5 nitrogen and oxygen atoms in total. The van der Waals surface area contributed by atoms with Gasteiger partial charge in [0.1, 0.15) is 6.10 Å². The maximum Gasteiger partial charge on any atom is 0.249 e. The zero-order valence-electron chi connectivity index (χ0n) is 12.1. The summed E-state index contributed by atoms with van der Waals surface area (Å²) in [6.45, 7) is 10.8. The van der Waals surface area contributed by atoms with Crippen molar-refractivity contribution in [2.45, 2.75) is 40.2 Å². The van der Waals surface area contributed by atoms with Crippen LogP contribution in [0.3, 0.4) is 0 Å². The Bertz CT molecular complexity index is 240. The van der Waals surface area contributed by atoms with Gasteiger partial charge in [-0.05, 0) is 26.1 Å². The summed E-state index contributed by atoms with van der Waals surface area (Å²) in [6, 6.07) is 0. The molecule has 108 valence electrons. The first-order valence-electron chi connectivity index (χ1n) is 6.68. The largest absolute Gasteiger partial charge is 0.396 e. The second kappa shape index (κ2) is 8.45. The monoisotopic (exact) mass is 260 g/mol. The summed E-state index contributed by atoms with van der Waals surface area (Å²) in [6.07, 6.45) is -0.310. The van der Waals surface area contributed by atoms with Gasteiger partial charge in [0, 0.05) is 12.0 Å². The number of rotatable bonds is 9. The highest BCUT2D eigenvalue weighted by molar-refractivity contribution is 5.81. The molecule has 0 saturated heterocycles. The van der Waals surface area contributed by atoms with Crippen LogP contribution in [0.4, 0.5) is 0 Å². The summed E-state index contributed by atoms with van der Waals surface area (Å²) in [5.74, 6) is -0.409. The molecular weight excluding hydrogens is 232 g/mol. The van der Waals surface area contributed by atoms with Crippen molar-refractivity contribution in [3.8, 4) is 0 Å². The maximum absolute atomic E-state index is 11.6. The molecule has 0 aliphatic heterocycles. The molecule has 0 aromatic carbocycles. The molecule has 0 saturated carbocycles. The number of nitrogens with zero attached hydrogens (tertiary/aromatic N) is 1. The van der Waals surface area contributed by atoms with Gasteiger partial charge in [0.15, 0.2) is 0 Å². The van der Waals surface area contributed by atoms with Crippen LogP contribution in [0.2, 0.25) is 0 Å². The molecule has 0 aliphatic carbocycles. The minimum atomic E-state index is -1.17. The molecule has 3 N–H and O–H groups in total. The molecule has 0 rings (SSSR count). The van der Waals surface area contributed by atoms with E-state index in [1.165, 1.54) is 0 Å². The van der Waals surface area contributed by atoms with Gasteiger partial charge < -0.3 is 20.4 Å². The van der Waals surface area contributed by atoms with Crippen molar-refractivity contribution in [3.05, 3.63) is 0 Å². The van der Waals surface area contributed by atoms with E-state index >= 15 is 0 Å². The van der Waals surface area contributed by atoms with Crippen LogP contribution < -0.4 is 5.32 Å². The lowest BCUT2D eigenvalue weighted by molar-refractivity contribution is -0.137. The molecule has 0 radical (unpaired) electrons. The van der Waals surface area contributed by atoms with Crippen molar-refractivity contribution >= 4 is 5.91 Å². The van der Waals surface area contributed by atoms with Crippen molar-refractivity contribution in [3.63, 3.8) is 0 Å². The highest BCUT2D eigenvalue weighted by Crippen LogP contribution is 2.19. The third-order valence-electron chi connectivity index (χ3n) is 3.24. The van der Waals surface area contributed by atoms with Crippen LogP contribution in [-0.4, -0.2) is 59.9 Å². The summed E-state index contributed by atoms with van der Waals surface area (Å²) < 4.78 is 0. The van der Waals surface area contributed by atoms with Gasteiger partial charge in [-0.25, -0.2) is 0 Å². The zero-order chi connectivity index (χ0) is 14.2. The van der Waals surface area contributed by atoms with Crippen LogP contribution in [0.1, 0.15) is 34.1 Å². The third kappa shape index (κ3) is 5.80. The van der Waals surface area contributed by atoms with Crippen LogP contribution in [0.15, 0.2) is 0 Å². The molecule has 1 atom stereocenters. The Kier molecular flexibility index (Phi) is 8.15. The lowest BCUT2D eigenvalue weighted by Crippen LogP contribution is -2.46. The van der Waals surface area contributed by atoms with Gasteiger partial charge in [-0.3, -0.25) is 4.79 Å². The fraction of sp³-hybridized carbons (Fsp3) is 0.923. The maximum atomic E-state index is 11.6. The van der Waals surface area contributed by atoms with E-state index in [-0.39, 0.29) is 6.61 Å². The van der Waals surface area contributed by atoms with E-state index in [4.69, 9.17) is 5.11 Å². The van der Waals surface area contributed by atoms with E-state index in [9.17, 15) is 9.90 Å². The first-order chi connectivity index (χ1) is 8.38. The standard InChI is InChI=1S/C13H28N2O3/c1-5-15(6-2)9-7-8-14-12(18)11(17)13(3,4)10-16/h11,16-17H,5-10H2,1-4H3,(H,14,18). The second-order valence-corrected chi connectivity index (χ2v) is 5.22. The van der Waals surface area contributed by atoms with Gasteiger partial charge in [0.25, 0.3) is 0 Å². The van der Waals surface area contributed by atoms with Crippen molar-refractivity contribution < 1.29 is 15.0 Å². The Balaban J connectivity index is 3.91. The molecule has 5 heteroatoms. The van der Waals surface area contributed by atoms with Gasteiger partial charge >= 0.3 is 0 Å². The van der Waals surface area contributed by atoms with Crippen LogP contribution in [0.25, 0.3) is 0 Å². The number of amides is 1. The fourth-order valence-electron chi connectivity index (χ4n) is 1.59. The summed E-state index contributed by atoms with van der Waals surface area (Å²) in [4.78, 5) is 13.9. The van der Waals surface area contributed by atoms with Crippen molar-refractivity contribution in [2.75, 3.05) is 32.8 Å². The molecule has 0 aromatic heterocycles. The Morgan fingerprint density at radius 3 is 2.33 bits per heavy atom. The van der Waals surface area contributed by atoms with Gasteiger partial charge in [0.05, 0.1) is 6.61 Å². The minimum absolute atomic E-state index is 0.221. The van der Waals surface area contributed by atoms with E-state index < -0.39 is 17.4 Å². The van der Waals surface area contributed by atoms with Gasteiger partial charge in [-0.1, -0.05) is 27.7 Å². The molecule has 0 heterocycles. The quantitative estimate of drug-likeness (QED) is 0.518. The molecule has 1 unspecified atom stereocenters. The Hall–Kier alpha value is -0.650. The number of hydrogen-bond donors (Lipinski definition) is 3. The summed E-state index contributed by atoms with van der Waals surface area (Å²) in [5.41, 5.74) is -0.803. The molecule has 0 aromatic rings. The van der Waals surface area contributed by atoms with Crippen LogP contribution >= 0.6 is 0 Å². The van der Waals surface area contributed by atoms with Crippen LogP contribution in [-0.2, 0) is 4.79 Å². The van der Waals surface area contributed by atoms with Crippen LogP contribution in [0, 0.1) is 5.41 Å². The van der Waals surface area contributed by atoms with E-state index in [0.717, 1.165) is 26.1 Å². The van der Waals surface area contributed by atoms with Gasteiger partial charge in [-0.15, -0.1) is 0 Å². The fourth-order valence-corrected chi connectivity index (χ4v) is 1.59. The number of nitrogens with one attached hydrogen (secondary N) is 1. The van der Waals surface area contributed by atoms with Crippen molar-refractivity contribution in [2.24, 2.45) is 5.41 Å². The molecule has 1 amide bonds. The number of aliphatic hydroxyl groups excluding tert-OH is 2. The predicted molar refractivity (Wildman–Crippen MR) is 72.3 cm³/mol. The number of aliphatic hydroxyl groups is 2. The Morgan fingerprint density at radius 1 is 1.33 bits per heavy atom. The lowest BCUT2D eigenvalue weighted by atomic mass is 9.87. The number of carbonyl (C=O) groups is 1. The zero-order valence-corrected chi connectivity index (χ0v) is 12.1. The van der Waals surface area contributed by atoms with E-state index in [1.807, 2.05) is 0 Å². The van der Waals surface area contributed by atoms with E-state index in [1.54, 1.807) is 13.8 Å². The van der Waals surface area contributed by atoms with E-state index in [2.05, 4.69) is 24.1 Å². The third-order valence-corrected chi connectivity index (χ3v) is 3.24. The highest BCUT2D eigenvalue weighted by atomic mass is 16.3. The summed E-state index contributed by atoms with van der Waals surface area (Å²) in [5, 5.41) is 21.5. The number of carbonyl (C=O) groups excluding carboxylic acids is 1. The Morgan fingerprint density at radius 2 is 1.89 bits per heavy atom. The summed E-state index contributed by atoms with van der Waals surface area (Å²) >= 11 is 0. The normalized spacial score (nSPS) is 13.7. The van der Waals surface area contributed by atoms with Gasteiger partial charge in [-0.2, -0.15) is 0 Å². The van der Waals surface area contributed by atoms with E-state index in [0.29, 0.717) is 6.54 Å². The molecule has 0 spiro atoms. The predicted octanol–water partition coefficient (Wildman–Crippen LogP) is 0.214. The topological polar surface area (TPSA) is 72.8 Å². The highest BCUT2D eigenvalue weighted by Gasteiger charge is 2.32.